The van der Waals surface area contributed by atoms with Crippen molar-refractivity contribution in [2.24, 2.45) is 0 Å². The van der Waals surface area contributed by atoms with Crippen molar-refractivity contribution in [3.05, 3.63) is 65.9 Å². The number of aromatic nitrogens is 1. The van der Waals surface area contributed by atoms with Gasteiger partial charge < -0.3 is 19.7 Å². The number of carbonyl (C=O) groups is 1. The Bertz CT molecular complexity index is 976. The molecule has 0 saturated carbocycles. The van der Waals surface area contributed by atoms with Gasteiger partial charge in [0.1, 0.15) is 0 Å². The third kappa shape index (κ3) is 4.46. The summed E-state index contributed by atoms with van der Waals surface area (Å²) in [6.07, 6.45) is 1.17. The molecule has 0 radical (unpaired) electrons. The van der Waals surface area contributed by atoms with E-state index in [1.54, 1.807) is 0 Å². The lowest BCUT2D eigenvalue weighted by Gasteiger charge is -2.23. The van der Waals surface area contributed by atoms with E-state index in [-0.39, 0.29) is 5.91 Å². The van der Waals surface area contributed by atoms with Gasteiger partial charge in [-0.25, -0.2) is 0 Å². The summed E-state index contributed by atoms with van der Waals surface area (Å²) in [4.78, 5) is 17.3. The van der Waals surface area contributed by atoms with Crippen LogP contribution in [0.2, 0.25) is 0 Å². The van der Waals surface area contributed by atoms with E-state index < -0.39 is 0 Å². The van der Waals surface area contributed by atoms with Crippen LogP contribution in [-0.4, -0.2) is 55.1 Å². The minimum Gasteiger partial charge on any atom is -0.370 e. The zero-order valence-electron chi connectivity index (χ0n) is 17.4. The number of hydrogen-bond acceptors (Lipinski definition) is 3. The molecule has 1 aromatic heterocycles. The fraction of sp³-hybridized carbons (Fsp3) is 0.375. The van der Waals surface area contributed by atoms with Crippen LogP contribution in [0.5, 0.6) is 0 Å². The van der Waals surface area contributed by atoms with E-state index in [1.165, 1.54) is 28.7 Å². The number of carbonyl (C=O) groups excluding carboxylic acids is 1. The Balaban J connectivity index is 1.34. The zero-order valence-corrected chi connectivity index (χ0v) is 17.4. The Morgan fingerprint density at radius 1 is 1.00 bits per heavy atom. The number of likely N-dealkylation sites (N-methyl/N-ethyl adjacent to an activating group) is 1. The van der Waals surface area contributed by atoms with Gasteiger partial charge in [0.25, 0.3) is 5.91 Å². The monoisotopic (exact) mass is 390 g/mol. The number of nitrogens with one attached hydrogen (secondary N) is 1. The summed E-state index contributed by atoms with van der Waals surface area (Å²) in [6, 6.07) is 18.6. The molecule has 1 fully saturated rings. The standard InChI is InChI=1S/C24H30N4O/c1-19-18-21-6-3-4-7-23(21)28(19)15-12-25-24(29)20-8-10-22(11-9-20)27-14-5-13-26(2)16-17-27/h3-4,6-11,18H,5,12-17H2,1-2H3,(H,25,29). The molecule has 1 aliphatic heterocycles. The first-order chi connectivity index (χ1) is 14.1. The van der Waals surface area contributed by atoms with E-state index in [0.29, 0.717) is 6.54 Å². The van der Waals surface area contributed by atoms with Crippen LogP contribution >= 0.6 is 0 Å². The van der Waals surface area contributed by atoms with Gasteiger partial charge in [0.2, 0.25) is 0 Å². The van der Waals surface area contributed by atoms with Crippen LogP contribution in [-0.2, 0) is 6.54 Å². The number of aryl methyl sites for hydroxylation is 1. The maximum absolute atomic E-state index is 12.6. The SMILES string of the molecule is Cc1cc2ccccc2n1CCNC(=O)c1ccc(N2CCCN(C)CC2)cc1. The van der Waals surface area contributed by atoms with Gasteiger partial charge >= 0.3 is 0 Å². The summed E-state index contributed by atoms with van der Waals surface area (Å²) in [6.45, 7) is 7.82. The van der Waals surface area contributed by atoms with Crippen molar-refractivity contribution in [1.82, 2.24) is 14.8 Å². The van der Waals surface area contributed by atoms with Crippen LogP contribution in [0.25, 0.3) is 10.9 Å². The summed E-state index contributed by atoms with van der Waals surface area (Å²) >= 11 is 0. The van der Waals surface area contributed by atoms with E-state index in [4.69, 9.17) is 0 Å². The summed E-state index contributed by atoms with van der Waals surface area (Å²) in [5, 5.41) is 4.31. The Labute approximate surface area is 172 Å². The van der Waals surface area contributed by atoms with Crippen LogP contribution in [0.15, 0.2) is 54.6 Å². The maximum Gasteiger partial charge on any atom is 0.251 e. The van der Waals surface area contributed by atoms with Gasteiger partial charge in [-0.1, -0.05) is 18.2 Å². The highest BCUT2D eigenvalue weighted by Crippen LogP contribution is 2.19. The van der Waals surface area contributed by atoms with Crippen molar-refractivity contribution in [3.63, 3.8) is 0 Å². The molecule has 0 spiro atoms. The summed E-state index contributed by atoms with van der Waals surface area (Å²) in [7, 11) is 2.18. The molecule has 2 heterocycles. The fourth-order valence-electron chi connectivity index (χ4n) is 4.16. The molecular weight excluding hydrogens is 360 g/mol. The number of anilines is 1. The minimum atomic E-state index is -0.0127. The van der Waals surface area contributed by atoms with Crippen molar-refractivity contribution in [1.29, 1.82) is 0 Å². The van der Waals surface area contributed by atoms with Gasteiger partial charge in [0.05, 0.1) is 0 Å². The predicted octanol–water partition coefficient (Wildman–Crippen LogP) is 3.52. The lowest BCUT2D eigenvalue weighted by Crippen LogP contribution is -2.29. The fourth-order valence-corrected chi connectivity index (χ4v) is 4.16. The molecule has 0 bridgehead atoms. The average Bonchev–Trinajstić information content (AvgIpc) is 2.89. The topological polar surface area (TPSA) is 40.5 Å². The van der Waals surface area contributed by atoms with Crippen LogP contribution in [0.3, 0.4) is 0 Å². The molecule has 0 unspecified atom stereocenters. The second-order valence-electron chi connectivity index (χ2n) is 7.94. The number of amides is 1. The van der Waals surface area contributed by atoms with Gasteiger partial charge in [0.15, 0.2) is 0 Å². The Kier molecular flexibility index (Phi) is 5.86. The largest absolute Gasteiger partial charge is 0.370 e. The van der Waals surface area contributed by atoms with E-state index in [9.17, 15) is 4.79 Å². The zero-order chi connectivity index (χ0) is 20.2. The highest BCUT2D eigenvalue weighted by Gasteiger charge is 2.13. The molecule has 1 N–H and O–H groups in total. The summed E-state index contributed by atoms with van der Waals surface area (Å²) in [5.74, 6) is -0.0127. The number of benzene rings is 2. The number of hydrogen-bond donors (Lipinski definition) is 1. The van der Waals surface area contributed by atoms with Crippen molar-refractivity contribution >= 4 is 22.5 Å². The van der Waals surface area contributed by atoms with Gasteiger partial charge in [-0.15, -0.1) is 0 Å². The molecule has 5 nitrogen and oxygen atoms in total. The lowest BCUT2D eigenvalue weighted by molar-refractivity contribution is 0.0952. The van der Waals surface area contributed by atoms with Gasteiger partial charge in [-0.2, -0.15) is 0 Å². The summed E-state index contributed by atoms with van der Waals surface area (Å²) < 4.78 is 2.26. The molecule has 0 atom stereocenters. The lowest BCUT2D eigenvalue weighted by atomic mass is 10.1. The first kappa shape index (κ1) is 19.5. The molecule has 1 saturated heterocycles. The first-order valence-electron chi connectivity index (χ1n) is 10.5. The number of para-hydroxylation sites is 1. The highest BCUT2D eigenvalue weighted by molar-refractivity contribution is 5.94. The first-order valence-corrected chi connectivity index (χ1v) is 10.5. The predicted molar refractivity (Wildman–Crippen MR) is 120 cm³/mol. The third-order valence-corrected chi connectivity index (χ3v) is 5.85. The minimum absolute atomic E-state index is 0.0127. The molecule has 1 aliphatic rings. The van der Waals surface area contributed by atoms with Crippen molar-refractivity contribution < 1.29 is 4.79 Å². The van der Waals surface area contributed by atoms with Crippen molar-refractivity contribution in [2.45, 2.75) is 19.9 Å². The van der Waals surface area contributed by atoms with E-state index >= 15 is 0 Å². The molecular formula is C24H30N4O. The molecule has 29 heavy (non-hydrogen) atoms. The maximum atomic E-state index is 12.6. The quantitative estimate of drug-likeness (QED) is 0.725. The van der Waals surface area contributed by atoms with Crippen LogP contribution in [0, 0.1) is 6.92 Å². The van der Waals surface area contributed by atoms with Crippen molar-refractivity contribution in [2.75, 3.05) is 44.7 Å². The molecule has 152 valence electrons. The van der Waals surface area contributed by atoms with Gasteiger partial charge in [-0.3, -0.25) is 4.79 Å². The molecule has 2 aromatic carbocycles. The molecule has 0 aliphatic carbocycles. The third-order valence-electron chi connectivity index (χ3n) is 5.85. The Morgan fingerprint density at radius 3 is 2.62 bits per heavy atom. The second kappa shape index (κ2) is 8.70. The molecule has 1 amide bonds. The van der Waals surface area contributed by atoms with E-state index in [1.807, 2.05) is 12.1 Å². The molecule has 3 aromatic rings. The van der Waals surface area contributed by atoms with Gasteiger partial charge in [-0.05, 0) is 68.7 Å². The number of rotatable bonds is 5. The van der Waals surface area contributed by atoms with Crippen LogP contribution in [0.1, 0.15) is 22.5 Å². The Hall–Kier alpha value is -2.79. The van der Waals surface area contributed by atoms with E-state index in [2.05, 4.69) is 76.1 Å². The second-order valence-corrected chi connectivity index (χ2v) is 7.94. The van der Waals surface area contributed by atoms with Gasteiger partial charge in [0, 0.05) is 55.2 Å². The molecule has 4 rings (SSSR count). The number of nitrogens with zero attached hydrogens (tertiary/aromatic N) is 3. The highest BCUT2D eigenvalue weighted by atomic mass is 16.1. The van der Waals surface area contributed by atoms with E-state index in [0.717, 1.165) is 38.3 Å². The van der Waals surface area contributed by atoms with Crippen molar-refractivity contribution in [3.8, 4) is 0 Å². The summed E-state index contributed by atoms with van der Waals surface area (Å²) in [5.41, 5.74) is 4.35. The normalized spacial score (nSPS) is 15.4. The smallest absolute Gasteiger partial charge is 0.251 e. The Morgan fingerprint density at radius 2 is 1.79 bits per heavy atom. The number of fused-ring (bicyclic) bond motifs is 1. The van der Waals surface area contributed by atoms with Crippen LogP contribution in [0.4, 0.5) is 5.69 Å². The van der Waals surface area contributed by atoms with Crippen LogP contribution < -0.4 is 10.2 Å². The average molecular weight is 391 g/mol. The molecule has 5 heteroatoms.